The van der Waals surface area contributed by atoms with Crippen LogP contribution in [0.15, 0.2) is 40.0 Å². The third-order valence-electron chi connectivity index (χ3n) is 4.32. The maximum atomic E-state index is 12.6. The van der Waals surface area contributed by atoms with Gasteiger partial charge in [-0.25, -0.2) is 23.1 Å². The van der Waals surface area contributed by atoms with E-state index in [2.05, 4.69) is 19.6 Å². The van der Waals surface area contributed by atoms with Crippen LogP contribution in [-0.4, -0.2) is 62.4 Å². The molecule has 4 rings (SSSR count). The molecule has 27 heavy (non-hydrogen) atoms. The summed E-state index contributed by atoms with van der Waals surface area (Å²) in [5, 5.41) is 0.616. The fourth-order valence-electron chi connectivity index (χ4n) is 2.83. The lowest BCUT2D eigenvalue weighted by molar-refractivity contribution is 0.0709. The van der Waals surface area contributed by atoms with Crippen molar-refractivity contribution in [1.82, 2.24) is 19.6 Å². The van der Waals surface area contributed by atoms with Crippen LogP contribution in [0.2, 0.25) is 0 Å². The highest BCUT2D eigenvalue weighted by molar-refractivity contribution is 7.89. The third-order valence-corrected chi connectivity index (χ3v) is 6.64. The molecule has 9 nitrogen and oxygen atoms in total. The summed E-state index contributed by atoms with van der Waals surface area (Å²) in [7, 11) is -2.42. The van der Waals surface area contributed by atoms with Crippen molar-refractivity contribution >= 4 is 42.7 Å². The van der Waals surface area contributed by atoms with Gasteiger partial charge in [0.25, 0.3) is 15.9 Å². The number of piperazine rings is 1. The largest absolute Gasteiger partial charge is 0.438 e. The molecular weight excluding hydrogens is 390 g/mol. The van der Waals surface area contributed by atoms with E-state index < -0.39 is 10.0 Å². The molecule has 0 radical (unpaired) electrons. The number of anilines is 1. The van der Waals surface area contributed by atoms with Crippen molar-refractivity contribution in [3.63, 3.8) is 0 Å². The lowest BCUT2D eigenvalue weighted by atomic mass is 10.3. The third kappa shape index (κ3) is 3.40. The first-order valence-corrected chi connectivity index (χ1v) is 10.6. The number of hydrogen-bond donors (Lipinski definition) is 1. The van der Waals surface area contributed by atoms with E-state index in [0.717, 1.165) is 15.5 Å². The Hall–Kier alpha value is -2.50. The molecule has 0 bridgehead atoms. The molecule has 0 atom stereocenters. The number of thiazole rings is 1. The number of furan rings is 1. The lowest BCUT2D eigenvalue weighted by Crippen LogP contribution is -2.48. The van der Waals surface area contributed by atoms with E-state index in [1.54, 1.807) is 11.1 Å². The average Bonchev–Trinajstić information content (AvgIpc) is 3.35. The summed E-state index contributed by atoms with van der Waals surface area (Å²) in [6.07, 6.45) is 1.74. The summed E-state index contributed by atoms with van der Waals surface area (Å²) in [5.74, 6) is -0.306. The summed E-state index contributed by atoms with van der Waals surface area (Å²) in [6.45, 7) is 2.26. The monoisotopic (exact) mass is 407 g/mol. The first kappa shape index (κ1) is 17.9. The predicted molar refractivity (Wildman–Crippen MR) is 100 cm³/mol. The molecule has 0 unspecified atom stereocenters. The molecule has 4 heterocycles. The molecule has 1 amide bonds. The Kier molecular flexibility index (Phi) is 4.58. The molecule has 0 aliphatic carbocycles. The van der Waals surface area contributed by atoms with Crippen molar-refractivity contribution in [2.75, 3.05) is 38.1 Å². The van der Waals surface area contributed by atoms with E-state index in [1.165, 1.54) is 30.5 Å². The number of sulfonamides is 1. The van der Waals surface area contributed by atoms with E-state index in [-0.39, 0.29) is 16.8 Å². The molecule has 0 aromatic carbocycles. The molecule has 11 heteroatoms. The normalized spacial score (nSPS) is 15.4. The number of aromatic nitrogens is 2. The molecule has 0 saturated carbocycles. The van der Waals surface area contributed by atoms with Crippen LogP contribution in [-0.2, 0) is 10.0 Å². The van der Waals surface area contributed by atoms with E-state index >= 15 is 0 Å². The van der Waals surface area contributed by atoms with Gasteiger partial charge in [0.15, 0.2) is 10.9 Å². The Labute approximate surface area is 159 Å². The molecular formula is C16H17N5O4S2. The Morgan fingerprint density at radius 2 is 2.00 bits per heavy atom. The standard InChI is InChI=1S/C16H17N5O4S2/c1-17-27(23,24)13-5-4-12(25-13)15(22)20-7-9-21(10-8-20)16-19-11-3-2-6-18-14(11)26-16/h2-6,17H,7-10H2,1H3. The zero-order valence-electron chi connectivity index (χ0n) is 14.5. The number of hydrogen-bond acceptors (Lipinski definition) is 8. The Morgan fingerprint density at radius 1 is 1.22 bits per heavy atom. The van der Waals surface area contributed by atoms with Crippen molar-refractivity contribution in [1.29, 1.82) is 0 Å². The van der Waals surface area contributed by atoms with Gasteiger partial charge in [-0.05, 0) is 31.3 Å². The van der Waals surface area contributed by atoms with Crippen molar-refractivity contribution < 1.29 is 17.6 Å². The first-order chi connectivity index (χ1) is 13.0. The van der Waals surface area contributed by atoms with Gasteiger partial charge in [0, 0.05) is 32.4 Å². The molecule has 1 saturated heterocycles. The van der Waals surface area contributed by atoms with Gasteiger partial charge in [0.05, 0.1) is 0 Å². The second-order valence-electron chi connectivity index (χ2n) is 5.93. The highest BCUT2D eigenvalue weighted by Crippen LogP contribution is 2.28. The highest BCUT2D eigenvalue weighted by atomic mass is 32.2. The van der Waals surface area contributed by atoms with Crippen LogP contribution >= 0.6 is 11.3 Å². The molecule has 3 aromatic heterocycles. The second-order valence-corrected chi connectivity index (χ2v) is 8.70. The molecule has 1 N–H and O–H groups in total. The summed E-state index contributed by atoms with van der Waals surface area (Å²) >= 11 is 1.53. The van der Waals surface area contributed by atoms with E-state index in [0.29, 0.717) is 26.2 Å². The minimum absolute atomic E-state index is 0.0152. The summed E-state index contributed by atoms with van der Waals surface area (Å²) in [5.41, 5.74) is 0.866. The van der Waals surface area contributed by atoms with Gasteiger partial charge in [0.1, 0.15) is 10.3 Å². The van der Waals surface area contributed by atoms with Gasteiger partial charge in [-0.2, -0.15) is 0 Å². The average molecular weight is 407 g/mol. The molecule has 142 valence electrons. The summed E-state index contributed by atoms with van der Waals surface area (Å²) < 4.78 is 30.9. The number of carbonyl (C=O) groups excluding carboxylic acids is 1. The summed E-state index contributed by atoms with van der Waals surface area (Å²) in [6, 6.07) is 6.45. The molecule has 0 spiro atoms. The van der Waals surface area contributed by atoms with E-state index in [1.807, 2.05) is 12.1 Å². The lowest BCUT2D eigenvalue weighted by Gasteiger charge is -2.34. The van der Waals surface area contributed by atoms with Gasteiger partial charge in [-0.3, -0.25) is 4.79 Å². The van der Waals surface area contributed by atoms with Crippen LogP contribution in [0.3, 0.4) is 0 Å². The first-order valence-electron chi connectivity index (χ1n) is 8.27. The Balaban J connectivity index is 1.43. The van der Waals surface area contributed by atoms with Gasteiger partial charge in [0.2, 0.25) is 5.09 Å². The van der Waals surface area contributed by atoms with Crippen LogP contribution in [0.5, 0.6) is 0 Å². The quantitative estimate of drug-likeness (QED) is 0.691. The van der Waals surface area contributed by atoms with E-state index in [9.17, 15) is 13.2 Å². The molecule has 1 aliphatic rings. The smallest absolute Gasteiger partial charge is 0.289 e. The van der Waals surface area contributed by atoms with Crippen molar-refractivity contribution in [3.05, 3.63) is 36.2 Å². The van der Waals surface area contributed by atoms with Crippen molar-refractivity contribution in [3.8, 4) is 0 Å². The van der Waals surface area contributed by atoms with Crippen LogP contribution in [0.25, 0.3) is 10.3 Å². The van der Waals surface area contributed by atoms with Crippen LogP contribution in [0, 0.1) is 0 Å². The maximum absolute atomic E-state index is 12.6. The second kappa shape index (κ2) is 6.91. The highest BCUT2D eigenvalue weighted by Gasteiger charge is 2.27. The van der Waals surface area contributed by atoms with Gasteiger partial charge >= 0.3 is 0 Å². The zero-order valence-corrected chi connectivity index (χ0v) is 16.1. The number of amides is 1. The maximum Gasteiger partial charge on any atom is 0.289 e. The van der Waals surface area contributed by atoms with E-state index in [4.69, 9.17) is 4.42 Å². The Bertz CT molecular complexity index is 1050. The van der Waals surface area contributed by atoms with Gasteiger partial charge in [-0.15, -0.1) is 0 Å². The van der Waals surface area contributed by atoms with Gasteiger partial charge in [-0.1, -0.05) is 11.3 Å². The van der Waals surface area contributed by atoms with Crippen LogP contribution in [0.1, 0.15) is 10.6 Å². The van der Waals surface area contributed by atoms with Crippen LogP contribution in [0.4, 0.5) is 5.13 Å². The number of carbonyl (C=O) groups is 1. The fraction of sp³-hybridized carbons (Fsp3) is 0.312. The number of nitrogens with zero attached hydrogens (tertiary/aromatic N) is 4. The van der Waals surface area contributed by atoms with Gasteiger partial charge < -0.3 is 14.2 Å². The summed E-state index contributed by atoms with van der Waals surface area (Å²) in [4.78, 5) is 26.1. The Morgan fingerprint density at radius 3 is 2.70 bits per heavy atom. The molecule has 1 aliphatic heterocycles. The van der Waals surface area contributed by atoms with Crippen LogP contribution < -0.4 is 9.62 Å². The minimum Gasteiger partial charge on any atom is -0.438 e. The molecule has 3 aromatic rings. The topological polar surface area (TPSA) is 109 Å². The van der Waals surface area contributed by atoms with Crippen molar-refractivity contribution in [2.24, 2.45) is 0 Å². The number of rotatable bonds is 4. The number of nitrogens with one attached hydrogen (secondary N) is 1. The zero-order chi connectivity index (χ0) is 19.0. The van der Waals surface area contributed by atoms with Crippen molar-refractivity contribution in [2.45, 2.75) is 5.09 Å². The molecule has 1 fully saturated rings. The fourth-order valence-corrected chi connectivity index (χ4v) is 4.44. The minimum atomic E-state index is -3.71. The predicted octanol–water partition coefficient (Wildman–Crippen LogP) is 1.15. The number of fused-ring (bicyclic) bond motifs is 1. The SMILES string of the molecule is CNS(=O)(=O)c1ccc(C(=O)N2CCN(c3nc4cccnc4s3)CC2)o1. The number of pyridine rings is 1.